The lowest BCUT2D eigenvalue weighted by Crippen LogP contribution is -2.45. The number of carbonyl (C=O) groups is 1. The summed E-state index contributed by atoms with van der Waals surface area (Å²) in [6.07, 6.45) is -2.42. The van der Waals surface area contributed by atoms with Crippen LogP contribution in [0.4, 0.5) is 8.78 Å². The van der Waals surface area contributed by atoms with Gasteiger partial charge in [-0.25, -0.2) is 8.78 Å². The van der Waals surface area contributed by atoms with Gasteiger partial charge in [-0.3, -0.25) is 4.79 Å². The van der Waals surface area contributed by atoms with Crippen molar-refractivity contribution in [2.45, 2.75) is 32.2 Å². The molecule has 0 aliphatic rings. The first-order chi connectivity index (χ1) is 6.81. The second-order valence-corrected chi connectivity index (χ2v) is 3.98. The van der Waals surface area contributed by atoms with Crippen LogP contribution in [0, 0.1) is 0 Å². The summed E-state index contributed by atoms with van der Waals surface area (Å²) in [6, 6.07) is 0. The molecule has 0 fully saturated rings. The molecular formula is C9H18F2N2O2. The molecule has 15 heavy (non-hydrogen) atoms. The summed E-state index contributed by atoms with van der Waals surface area (Å²) in [5, 5.41) is 2.58. The van der Waals surface area contributed by atoms with Crippen LogP contribution in [-0.2, 0) is 9.53 Å². The molecule has 0 aromatic heterocycles. The van der Waals surface area contributed by atoms with Crippen LogP contribution in [0.3, 0.4) is 0 Å². The highest BCUT2D eigenvalue weighted by atomic mass is 19.3. The van der Waals surface area contributed by atoms with Crippen LogP contribution in [0.1, 0.15) is 20.3 Å². The highest BCUT2D eigenvalue weighted by molar-refractivity contribution is 5.76. The third-order valence-electron chi connectivity index (χ3n) is 1.46. The smallest absolute Gasteiger partial charge is 0.261 e. The number of ether oxygens (including phenoxy) is 1. The Labute approximate surface area is 88.2 Å². The topological polar surface area (TPSA) is 64.3 Å². The van der Waals surface area contributed by atoms with Crippen LogP contribution in [0.5, 0.6) is 0 Å². The summed E-state index contributed by atoms with van der Waals surface area (Å²) in [7, 11) is 0. The predicted molar refractivity (Wildman–Crippen MR) is 52.7 cm³/mol. The maximum absolute atomic E-state index is 11.6. The molecule has 0 aromatic rings. The van der Waals surface area contributed by atoms with Crippen molar-refractivity contribution in [2.75, 3.05) is 19.8 Å². The van der Waals surface area contributed by atoms with E-state index in [1.54, 1.807) is 13.8 Å². The number of carbonyl (C=O) groups excluding carboxylic acids is 1. The molecular weight excluding hydrogens is 206 g/mol. The molecule has 0 heterocycles. The van der Waals surface area contributed by atoms with Gasteiger partial charge in [0.2, 0.25) is 5.91 Å². The molecule has 0 aliphatic heterocycles. The zero-order valence-corrected chi connectivity index (χ0v) is 9.06. The molecule has 0 saturated heterocycles. The van der Waals surface area contributed by atoms with E-state index in [-0.39, 0.29) is 18.9 Å². The Morgan fingerprint density at radius 1 is 1.53 bits per heavy atom. The minimum Gasteiger partial charge on any atom is -0.375 e. The average molecular weight is 224 g/mol. The zero-order valence-electron chi connectivity index (χ0n) is 9.06. The Bertz CT molecular complexity index is 193. The van der Waals surface area contributed by atoms with Crippen molar-refractivity contribution in [2.24, 2.45) is 5.73 Å². The second-order valence-electron chi connectivity index (χ2n) is 3.98. The van der Waals surface area contributed by atoms with Crippen molar-refractivity contribution in [3.05, 3.63) is 0 Å². The third kappa shape index (κ3) is 11.2. The van der Waals surface area contributed by atoms with Crippen LogP contribution < -0.4 is 11.1 Å². The molecule has 0 bridgehead atoms. The Balaban J connectivity index is 3.42. The zero-order chi connectivity index (χ0) is 11.9. The van der Waals surface area contributed by atoms with Gasteiger partial charge in [-0.15, -0.1) is 0 Å². The molecule has 0 saturated carbocycles. The Morgan fingerprint density at radius 2 is 2.13 bits per heavy atom. The number of hydrogen-bond acceptors (Lipinski definition) is 3. The molecule has 3 N–H and O–H groups in total. The number of nitrogens with two attached hydrogens (primary N) is 1. The minimum absolute atomic E-state index is 0.00116. The lowest BCUT2D eigenvalue weighted by Gasteiger charge is -2.18. The minimum atomic E-state index is -2.49. The van der Waals surface area contributed by atoms with Crippen LogP contribution in [0.25, 0.3) is 0 Å². The van der Waals surface area contributed by atoms with Gasteiger partial charge in [0.25, 0.3) is 6.43 Å². The fraction of sp³-hybridized carbons (Fsp3) is 0.889. The summed E-state index contributed by atoms with van der Waals surface area (Å²) >= 11 is 0. The van der Waals surface area contributed by atoms with Crippen molar-refractivity contribution in [1.29, 1.82) is 0 Å². The largest absolute Gasteiger partial charge is 0.375 e. The monoisotopic (exact) mass is 224 g/mol. The van der Waals surface area contributed by atoms with Gasteiger partial charge in [0.15, 0.2) is 0 Å². The normalized spacial score (nSPS) is 11.9. The summed E-state index contributed by atoms with van der Waals surface area (Å²) in [5.74, 6) is -0.247. The van der Waals surface area contributed by atoms with Crippen molar-refractivity contribution in [3.8, 4) is 0 Å². The molecule has 6 heteroatoms. The highest BCUT2D eigenvalue weighted by Gasteiger charge is 2.12. The molecule has 0 radical (unpaired) electrons. The number of halogens is 2. The fourth-order valence-electron chi connectivity index (χ4n) is 0.752. The summed E-state index contributed by atoms with van der Waals surface area (Å²) < 4.78 is 27.8. The van der Waals surface area contributed by atoms with E-state index in [0.717, 1.165) is 0 Å². The van der Waals surface area contributed by atoms with E-state index in [4.69, 9.17) is 5.73 Å². The van der Waals surface area contributed by atoms with Gasteiger partial charge in [0, 0.05) is 18.5 Å². The Morgan fingerprint density at radius 3 is 2.60 bits per heavy atom. The van der Waals surface area contributed by atoms with Gasteiger partial charge in [0.1, 0.15) is 6.61 Å². The number of alkyl halides is 2. The van der Waals surface area contributed by atoms with E-state index in [9.17, 15) is 13.6 Å². The first kappa shape index (κ1) is 14.2. The van der Waals surface area contributed by atoms with Gasteiger partial charge in [0.05, 0.1) is 6.61 Å². The molecule has 90 valence electrons. The van der Waals surface area contributed by atoms with Crippen molar-refractivity contribution >= 4 is 5.91 Å². The molecule has 0 spiro atoms. The van der Waals surface area contributed by atoms with Crippen LogP contribution in [0.2, 0.25) is 0 Å². The maximum atomic E-state index is 11.6. The van der Waals surface area contributed by atoms with E-state index in [1.165, 1.54) is 0 Å². The molecule has 1 amide bonds. The molecule has 0 aliphatic carbocycles. The second kappa shape index (κ2) is 6.68. The summed E-state index contributed by atoms with van der Waals surface area (Å²) in [6.45, 7) is 3.28. The van der Waals surface area contributed by atoms with E-state index in [0.29, 0.717) is 6.54 Å². The molecule has 0 atom stereocenters. The summed E-state index contributed by atoms with van der Waals surface area (Å²) in [5.41, 5.74) is 5.16. The van der Waals surface area contributed by atoms with E-state index < -0.39 is 18.6 Å². The van der Waals surface area contributed by atoms with Crippen LogP contribution in [-0.4, -0.2) is 37.6 Å². The SMILES string of the molecule is CC(C)(N)CNC(=O)CCOCC(F)F. The highest BCUT2D eigenvalue weighted by Crippen LogP contribution is 1.95. The van der Waals surface area contributed by atoms with Crippen molar-refractivity contribution in [1.82, 2.24) is 5.32 Å². The molecule has 0 unspecified atom stereocenters. The lowest BCUT2D eigenvalue weighted by atomic mass is 10.1. The van der Waals surface area contributed by atoms with Gasteiger partial charge in [-0.2, -0.15) is 0 Å². The molecule has 4 nitrogen and oxygen atoms in total. The number of hydrogen-bond donors (Lipinski definition) is 2. The lowest BCUT2D eigenvalue weighted by molar-refractivity contribution is -0.122. The maximum Gasteiger partial charge on any atom is 0.261 e. The number of rotatable bonds is 7. The quantitative estimate of drug-likeness (QED) is 0.619. The van der Waals surface area contributed by atoms with E-state index in [2.05, 4.69) is 10.1 Å². The van der Waals surface area contributed by atoms with Crippen LogP contribution in [0.15, 0.2) is 0 Å². The first-order valence-electron chi connectivity index (χ1n) is 4.73. The van der Waals surface area contributed by atoms with Crippen molar-refractivity contribution in [3.63, 3.8) is 0 Å². The average Bonchev–Trinajstić information content (AvgIpc) is 2.07. The first-order valence-corrected chi connectivity index (χ1v) is 4.73. The summed E-state index contributed by atoms with van der Waals surface area (Å²) in [4.78, 5) is 11.1. The predicted octanol–water partition coefficient (Wildman–Crippen LogP) is 0.512. The van der Waals surface area contributed by atoms with Crippen molar-refractivity contribution < 1.29 is 18.3 Å². The third-order valence-corrected chi connectivity index (χ3v) is 1.46. The van der Waals surface area contributed by atoms with E-state index >= 15 is 0 Å². The Hall–Kier alpha value is -0.750. The van der Waals surface area contributed by atoms with E-state index in [1.807, 2.05) is 0 Å². The van der Waals surface area contributed by atoms with Gasteiger partial charge in [-0.1, -0.05) is 0 Å². The fourth-order valence-corrected chi connectivity index (χ4v) is 0.752. The van der Waals surface area contributed by atoms with Crippen LogP contribution >= 0.6 is 0 Å². The van der Waals surface area contributed by atoms with Gasteiger partial charge < -0.3 is 15.8 Å². The van der Waals surface area contributed by atoms with Gasteiger partial charge >= 0.3 is 0 Å². The number of amides is 1. The Kier molecular flexibility index (Phi) is 6.35. The van der Waals surface area contributed by atoms with Gasteiger partial charge in [-0.05, 0) is 13.8 Å². The molecule has 0 aromatic carbocycles. The number of nitrogens with one attached hydrogen (secondary N) is 1. The molecule has 0 rings (SSSR count). The standard InChI is InChI=1S/C9H18F2N2O2/c1-9(2,12)6-13-8(14)3-4-15-5-7(10)11/h7H,3-6,12H2,1-2H3,(H,13,14).